The maximum absolute atomic E-state index is 12.7. The quantitative estimate of drug-likeness (QED) is 0.550. The lowest BCUT2D eigenvalue weighted by atomic mass is 9.87. The number of rotatable bonds is 4. The van der Waals surface area contributed by atoms with E-state index in [0.717, 1.165) is 17.3 Å². The number of hydrogen-bond donors (Lipinski definition) is 4. The Morgan fingerprint density at radius 3 is 2.34 bits per heavy atom. The van der Waals surface area contributed by atoms with Gasteiger partial charge in [-0.3, -0.25) is 16.3 Å². The zero-order valence-corrected chi connectivity index (χ0v) is 18.0. The van der Waals surface area contributed by atoms with Crippen molar-refractivity contribution < 1.29 is 9.90 Å². The summed E-state index contributed by atoms with van der Waals surface area (Å²) in [6.45, 7) is 6.35. The van der Waals surface area contributed by atoms with Gasteiger partial charge in [-0.1, -0.05) is 68.4 Å². The van der Waals surface area contributed by atoms with Gasteiger partial charge in [0.2, 0.25) is 0 Å². The summed E-state index contributed by atoms with van der Waals surface area (Å²) >= 11 is 7.08. The van der Waals surface area contributed by atoms with Gasteiger partial charge in [0.05, 0.1) is 16.4 Å². The van der Waals surface area contributed by atoms with E-state index in [-0.39, 0.29) is 10.5 Å². The van der Waals surface area contributed by atoms with E-state index in [1.54, 1.807) is 24.3 Å². The standard InChI is InChI=1S/C20H24ClN5O2S/c1-19(2,3)12-8-10-13(11-9-12)26-18(20(22,23)28)29-17(25-26)16(27)24-15-7-5-4-6-14(15)21/h4-11,18,28H,22-23H2,1-3H3,(H,24,27)/t18-/m0/s1. The van der Waals surface area contributed by atoms with E-state index in [9.17, 15) is 9.90 Å². The molecular weight excluding hydrogens is 410 g/mol. The normalized spacial score (nSPS) is 17.3. The van der Waals surface area contributed by atoms with E-state index in [0.29, 0.717) is 16.4 Å². The molecule has 1 aliphatic rings. The molecule has 1 atom stereocenters. The summed E-state index contributed by atoms with van der Waals surface area (Å²) in [6.07, 6.45) is 0. The molecule has 2 aromatic rings. The highest BCUT2D eigenvalue weighted by molar-refractivity contribution is 8.16. The Morgan fingerprint density at radius 1 is 1.17 bits per heavy atom. The van der Waals surface area contributed by atoms with Crippen LogP contribution in [0.15, 0.2) is 53.6 Å². The number of aliphatic hydroxyl groups is 1. The van der Waals surface area contributed by atoms with E-state index in [4.69, 9.17) is 23.1 Å². The van der Waals surface area contributed by atoms with Gasteiger partial charge in [0.25, 0.3) is 5.91 Å². The third-order valence-corrected chi connectivity index (χ3v) is 5.97. The summed E-state index contributed by atoms with van der Waals surface area (Å²) in [5.74, 6) is -2.55. The molecule has 0 spiro atoms. The topological polar surface area (TPSA) is 117 Å². The van der Waals surface area contributed by atoms with Crippen molar-refractivity contribution in [1.82, 2.24) is 0 Å². The summed E-state index contributed by atoms with van der Waals surface area (Å²) in [6, 6.07) is 14.5. The van der Waals surface area contributed by atoms with E-state index in [2.05, 4.69) is 31.2 Å². The lowest BCUT2D eigenvalue weighted by Gasteiger charge is -2.31. The first-order valence-corrected chi connectivity index (χ1v) is 10.2. The molecule has 0 saturated heterocycles. The van der Waals surface area contributed by atoms with Crippen molar-refractivity contribution in [2.75, 3.05) is 10.3 Å². The molecule has 0 fully saturated rings. The SMILES string of the molecule is CC(C)(C)c1ccc(N2N=C(C(=O)Nc3ccccc3Cl)S[C@H]2C(N)(N)O)cc1. The first kappa shape index (κ1) is 21.6. The van der Waals surface area contributed by atoms with Crippen molar-refractivity contribution in [1.29, 1.82) is 0 Å². The fourth-order valence-corrected chi connectivity index (χ4v) is 3.91. The maximum atomic E-state index is 12.7. The second kappa shape index (κ2) is 7.97. The number of carbonyl (C=O) groups excluding carboxylic acids is 1. The minimum absolute atomic E-state index is 0.0105. The van der Waals surface area contributed by atoms with Gasteiger partial charge in [0.15, 0.2) is 16.3 Å². The molecule has 1 amide bonds. The van der Waals surface area contributed by atoms with Gasteiger partial charge in [-0.25, -0.2) is 5.01 Å². The monoisotopic (exact) mass is 433 g/mol. The molecule has 1 heterocycles. The Hall–Kier alpha value is -2.10. The van der Waals surface area contributed by atoms with Gasteiger partial charge in [0, 0.05) is 0 Å². The Kier molecular flexibility index (Phi) is 5.93. The maximum Gasteiger partial charge on any atom is 0.282 e. The van der Waals surface area contributed by atoms with Crippen LogP contribution < -0.4 is 21.8 Å². The van der Waals surface area contributed by atoms with Crippen molar-refractivity contribution in [2.45, 2.75) is 37.4 Å². The van der Waals surface area contributed by atoms with Gasteiger partial charge in [-0.15, -0.1) is 0 Å². The van der Waals surface area contributed by atoms with Gasteiger partial charge < -0.3 is 10.4 Å². The fourth-order valence-electron chi connectivity index (χ4n) is 2.76. The molecule has 0 radical (unpaired) electrons. The number of hydrogen-bond acceptors (Lipinski definition) is 7. The number of carbonyl (C=O) groups is 1. The molecule has 2 aromatic carbocycles. The molecule has 0 aliphatic carbocycles. The van der Waals surface area contributed by atoms with Crippen LogP contribution in [0.3, 0.4) is 0 Å². The van der Waals surface area contributed by atoms with E-state index in [1.807, 2.05) is 24.3 Å². The zero-order chi connectivity index (χ0) is 21.4. The third kappa shape index (κ3) is 4.91. The van der Waals surface area contributed by atoms with E-state index >= 15 is 0 Å². The van der Waals surface area contributed by atoms with Crippen molar-refractivity contribution in [3.05, 3.63) is 59.1 Å². The Labute approximate surface area is 179 Å². The van der Waals surface area contributed by atoms with Crippen LogP contribution >= 0.6 is 23.4 Å². The highest BCUT2D eigenvalue weighted by atomic mass is 35.5. The van der Waals surface area contributed by atoms with Gasteiger partial charge in [-0.05, 0) is 35.2 Å². The number of nitrogens with one attached hydrogen (secondary N) is 1. The molecule has 0 saturated carbocycles. The van der Waals surface area contributed by atoms with Crippen LogP contribution in [0.2, 0.25) is 5.02 Å². The Balaban J connectivity index is 1.88. The summed E-state index contributed by atoms with van der Waals surface area (Å²) in [5, 5.41) is 18.4. The molecule has 154 valence electrons. The van der Waals surface area contributed by atoms with Crippen molar-refractivity contribution in [3.8, 4) is 0 Å². The van der Waals surface area contributed by atoms with Crippen LogP contribution in [-0.2, 0) is 10.2 Å². The number of nitrogens with zero attached hydrogens (tertiary/aromatic N) is 2. The second-order valence-electron chi connectivity index (χ2n) is 7.84. The number of anilines is 2. The van der Waals surface area contributed by atoms with Gasteiger partial charge in [-0.2, -0.15) is 5.10 Å². The van der Waals surface area contributed by atoms with Crippen LogP contribution in [0.4, 0.5) is 11.4 Å². The molecule has 3 rings (SSSR count). The first-order valence-electron chi connectivity index (χ1n) is 8.98. The predicted molar refractivity (Wildman–Crippen MR) is 120 cm³/mol. The molecule has 6 N–H and O–H groups in total. The molecular formula is C20H24ClN5O2S. The summed E-state index contributed by atoms with van der Waals surface area (Å²) < 4.78 is 0. The third-order valence-electron chi connectivity index (χ3n) is 4.35. The highest BCUT2D eigenvalue weighted by Gasteiger charge is 2.42. The van der Waals surface area contributed by atoms with Gasteiger partial charge >= 0.3 is 0 Å². The van der Waals surface area contributed by atoms with Crippen LogP contribution in [-0.4, -0.2) is 27.3 Å². The smallest absolute Gasteiger partial charge is 0.282 e. The minimum Gasteiger partial charge on any atom is -0.361 e. The Bertz CT molecular complexity index is 935. The van der Waals surface area contributed by atoms with Crippen molar-refractivity contribution in [3.63, 3.8) is 0 Å². The summed E-state index contributed by atoms with van der Waals surface area (Å²) in [4.78, 5) is 12.7. The highest BCUT2D eigenvalue weighted by Crippen LogP contribution is 2.36. The van der Waals surface area contributed by atoms with Crippen molar-refractivity contribution in [2.24, 2.45) is 16.6 Å². The fraction of sp³-hybridized carbons (Fsp3) is 0.300. The minimum atomic E-state index is -2.08. The number of benzene rings is 2. The molecule has 29 heavy (non-hydrogen) atoms. The lowest BCUT2D eigenvalue weighted by Crippen LogP contribution is -2.61. The molecule has 0 bridgehead atoms. The molecule has 0 aromatic heterocycles. The summed E-state index contributed by atoms with van der Waals surface area (Å²) in [5.41, 5.74) is 13.8. The van der Waals surface area contributed by atoms with Gasteiger partial charge in [0.1, 0.15) is 0 Å². The summed E-state index contributed by atoms with van der Waals surface area (Å²) in [7, 11) is 0. The average Bonchev–Trinajstić information content (AvgIpc) is 3.09. The zero-order valence-electron chi connectivity index (χ0n) is 16.4. The predicted octanol–water partition coefficient (Wildman–Crippen LogP) is 3.03. The van der Waals surface area contributed by atoms with Crippen LogP contribution in [0.1, 0.15) is 26.3 Å². The number of amides is 1. The number of thioether (sulfide) groups is 1. The number of nitrogens with two attached hydrogens (primary N) is 2. The number of halogens is 1. The Morgan fingerprint density at radius 2 is 1.79 bits per heavy atom. The molecule has 9 heteroatoms. The van der Waals surface area contributed by atoms with E-state index < -0.39 is 17.1 Å². The molecule has 0 unspecified atom stereocenters. The van der Waals surface area contributed by atoms with Crippen LogP contribution in [0.25, 0.3) is 0 Å². The largest absolute Gasteiger partial charge is 0.361 e. The lowest BCUT2D eigenvalue weighted by molar-refractivity contribution is -0.110. The molecule has 7 nitrogen and oxygen atoms in total. The van der Waals surface area contributed by atoms with E-state index in [1.165, 1.54) is 5.01 Å². The second-order valence-corrected chi connectivity index (χ2v) is 9.31. The average molecular weight is 434 g/mol. The first-order chi connectivity index (χ1) is 13.5. The van der Waals surface area contributed by atoms with Crippen molar-refractivity contribution >= 4 is 45.7 Å². The van der Waals surface area contributed by atoms with Crippen LogP contribution in [0.5, 0.6) is 0 Å². The number of hydrazone groups is 1. The molecule has 1 aliphatic heterocycles. The number of para-hydroxylation sites is 1. The van der Waals surface area contributed by atoms with Crippen LogP contribution in [0, 0.1) is 0 Å².